The SMILES string of the molecule is COc1ccc2c(c1)CN(c1c(-c3ccc4c(=O)[nH]nc(CN)c4c3)cnn1C)C2=O. The van der Waals surface area contributed by atoms with Gasteiger partial charge in [-0.1, -0.05) is 6.07 Å². The van der Waals surface area contributed by atoms with E-state index in [-0.39, 0.29) is 18.0 Å². The van der Waals surface area contributed by atoms with Crippen LogP contribution in [0.5, 0.6) is 5.75 Å². The Kier molecular flexibility index (Phi) is 4.33. The lowest BCUT2D eigenvalue weighted by molar-refractivity contribution is 0.0995. The van der Waals surface area contributed by atoms with E-state index in [1.807, 2.05) is 18.2 Å². The van der Waals surface area contributed by atoms with Crippen molar-refractivity contribution >= 4 is 22.5 Å². The van der Waals surface area contributed by atoms with E-state index in [0.717, 1.165) is 16.7 Å². The number of carbonyl (C=O) groups excluding carboxylic acids is 1. The molecular weight excluding hydrogens is 396 g/mol. The van der Waals surface area contributed by atoms with Gasteiger partial charge in [0.05, 0.1) is 30.9 Å². The molecule has 0 radical (unpaired) electrons. The van der Waals surface area contributed by atoms with Crippen molar-refractivity contribution < 1.29 is 9.53 Å². The lowest BCUT2D eigenvalue weighted by atomic mass is 10.0. The number of H-pyrrole nitrogens is 1. The number of carbonyl (C=O) groups is 1. The van der Waals surface area contributed by atoms with Gasteiger partial charge in [-0.15, -0.1) is 0 Å². The minimum Gasteiger partial charge on any atom is -0.497 e. The first kappa shape index (κ1) is 19.0. The molecule has 0 fully saturated rings. The van der Waals surface area contributed by atoms with E-state index in [2.05, 4.69) is 15.3 Å². The molecular formula is C22H20N6O3. The highest BCUT2D eigenvalue weighted by Gasteiger charge is 2.32. The number of nitrogens with zero attached hydrogens (tertiary/aromatic N) is 4. The van der Waals surface area contributed by atoms with Crippen LogP contribution in [0.15, 0.2) is 47.4 Å². The third-order valence-corrected chi connectivity index (χ3v) is 5.65. The Balaban J connectivity index is 1.63. The molecule has 3 N–H and O–H groups in total. The first-order valence-electron chi connectivity index (χ1n) is 9.74. The van der Waals surface area contributed by atoms with Crippen molar-refractivity contribution in [1.82, 2.24) is 20.0 Å². The normalized spacial score (nSPS) is 13.1. The van der Waals surface area contributed by atoms with Crippen molar-refractivity contribution in [3.63, 3.8) is 0 Å². The monoisotopic (exact) mass is 416 g/mol. The van der Waals surface area contributed by atoms with Crippen LogP contribution in [-0.2, 0) is 20.1 Å². The number of nitrogens with two attached hydrogens (primary N) is 1. The molecule has 5 rings (SSSR count). The molecule has 2 aromatic heterocycles. The number of nitrogens with one attached hydrogen (secondary N) is 1. The Labute approximate surface area is 177 Å². The predicted octanol–water partition coefficient (Wildman–Crippen LogP) is 1.95. The van der Waals surface area contributed by atoms with E-state index in [4.69, 9.17) is 10.5 Å². The van der Waals surface area contributed by atoms with Crippen molar-refractivity contribution in [3.8, 4) is 16.9 Å². The van der Waals surface area contributed by atoms with Gasteiger partial charge in [-0.05, 0) is 41.5 Å². The molecule has 0 unspecified atom stereocenters. The number of benzene rings is 2. The third-order valence-electron chi connectivity index (χ3n) is 5.65. The molecule has 3 heterocycles. The topological polar surface area (TPSA) is 119 Å². The average molecular weight is 416 g/mol. The van der Waals surface area contributed by atoms with Crippen LogP contribution in [0.1, 0.15) is 21.6 Å². The number of hydrogen-bond acceptors (Lipinski definition) is 6. The maximum atomic E-state index is 13.2. The van der Waals surface area contributed by atoms with Crippen LogP contribution in [0.25, 0.3) is 21.9 Å². The summed E-state index contributed by atoms with van der Waals surface area (Å²) in [4.78, 5) is 27.0. The summed E-state index contributed by atoms with van der Waals surface area (Å²) in [7, 11) is 3.40. The van der Waals surface area contributed by atoms with Crippen molar-refractivity contribution in [3.05, 3.63) is 69.8 Å². The second-order valence-corrected chi connectivity index (χ2v) is 7.38. The Morgan fingerprint density at radius 3 is 2.74 bits per heavy atom. The van der Waals surface area contributed by atoms with Gasteiger partial charge in [0.25, 0.3) is 11.5 Å². The van der Waals surface area contributed by atoms with Gasteiger partial charge in [-0.2, -0.15) is 10.2 Å². The van der Waals surface area contributed by atoms with E-state index in [9.17, 15) is 9.59 Å². The standard InChI is InChI=1S/C22H20N6O3/c1-27-21(28-11-13-7-14(31-2)4-6-15(13)22(28)30)18(10-24-27)12-3-5-16-17(8-12)19(9-23)25-26-20(16)29/h3-8,10H,9,11,23H2,1-2H3,(H,26,29). The second-order valence-electron chi connectivity index (χ2n) is 7.38. The predicted molar refractivity (Wildman–Crippen MR) is 116 cm³/mol. The summed E-state index contributed by atoms with van der Waals surface area (Å²) < 4.78 is 6.98. The molecule has 156 valence electrons. The van der Waals surface area contributed by atoms with Crippen LogP contribution in [0.3, 0.4) is 0 Å². The molecule has 31 heavy (non-hydrogen) atoms. The summed E-state index contributed by atoms with van der Waals surface area (Å²) in [5.41, 5.74) is 9.28. The lowest BCUT2D eigenvalue weighted by Gasteiger charge is -2.18. The van der Waals surface area contributed by atoms with Crippen molar-refractivity contribution in [2.75, 3.05) is 12.0 Å². The Bertz CT molecular complexity index is 1400. The summed E-state index contributed by atoms with van der Waals surface area (Å²) in [6.07, 6.45) is 1.72. The van der Waals surface area contributed by atoms with Crippen molar-refractivity contribution in [2.45, 2.75) is 13.1 Å². The number of aryl methyl sites for hydroxylation is 1. The molecule has 9 nitrogen and oxygen atoms in total. The van der Waals surface area contributed by atoms with Gasteiger partial charge >= 0.3 is 0 Å². The smallest absolute Gasteiger partial charge is 0.272 e. The van der Waals surface area contributed by atoms with Gasteiger partial charge in [0.1, 0.15) is 11.6 Å². The number of fused-ring (bicyclic) bond motifs is 2. The first-order chi connectivity index (χ1) is 15.0. The van der Waals surface area contributed by atoms with E-state index in [0.29, 0.717) is 40.1 Å². The number of amides is 1. The number of hydrogen-bond donors (Lipinski definition) is 2. The Morgan fingerprint density at radius 1 is 1.13 bits per heavy atom. The Hall–Kier alpha value is -3.98. The first-order valence-corrected chi connectivity index (χ1v) is 9.74. The van der Waals surface area contributed by atoms with Gasteiger partial charge < -0.3 is 10.5 Å². The summed E-state index contributed by atoms with van der Waals surface area (Å²) in [5.74, 6) is 1.29. The second kappa shape index (κ2) is 7.06. The van der Waals surface area contributed by atoms with E-state index in [1.165, 1.54) is 0 Å². The van der Waals surface area contributed by atoms with E-state index < -0.39 is 0 Å². The fraction of sp³-hybridized carbons (Fsp3) is 0.182. The van der Waals surface area contributed by atoms with Crippen LogP contribution in [0, 0.1) is 0 Å². The van der Waals surface area contributed by atoms with Gasteiger partial charge in [0.15, 0.2) is 0 Å². The summed E-state index contributed by atoms with van der Waals surface area (Å²) in [5, 5.41) is 12.1. The van der Waals surface area contributed by atoms with Gasteiger partial charge in [-0.3, -0.25) is 19.2 Å². The number of methoxy groups -OCH3 is 1. The summed E-state index contributed by atoms with van der Waals surface area (Å²) in [6, 6.07) is 10.9. The van der Waals surface area contributed by atoms with Crippen LogP contribution in [0.4, 0.5) is 5.82 Å². The molecule has 4 aromatic rings. The molecule has 0 saturated heterocycles. The minimum atomic E-state index is -0.274. The van der Waals surface area contributed by atoms with E-state index >= 15 is 0 Å². The molecule has 0 saturated carbocycles. The molecule has 1 aliphatic rings. The highest BCUT2D eigenvalue weighted by atomic mass is 16.5. The highest BCUT2D eigenvalue weighted by molar-refractivity contribution is 6.11. The molecule has 1 aliphatic heterocycles. The Morgan fingerprint density at radius 2 is 1.97 bits per heavy atom. The zero-order valence-electron chi connectivity index (χ0n) is 17.0. The number of ether oxygens (including phenoxy) is 1. The molecule has 9 heteroatoms. The van der Waals surface area contributed by atoms with Gasteiger partial charge in [0.2, 0.25) is 0 Å². The quantitative estimate of drug-likeness (QED) is 0.525. The van der Waals surface area contributed by atoms with Crippen LogP contribution < -0.4 is 20.9 Å². The fourth-order valence-electron chi connectivity index (χ4n) is 4.09. The summed E-state index contributed by atoms with van der Waals surface area (Å²) >= 11 is 0. The number of anilines is 1. The average Bonchev–Trinajstić information content (AvgIpc) is 3.32. The highest BCUT2D eigenvalue weighted by Crippen LogP contribution is 2.37. The molecule has 0 aliphatic carbocycles. The van der Waals surface area contributed by atoms with Crippen LogP contribution in [-0.4, -0.2) is 33.0 Å². The number of aromatic amines is 1. The molecule has 1 amide bonds. The van der Waals surface area contributed by atoms with E-state index in [1.54, 1.807) is 48.1 Å². The lowest BCUT2D eigenvalue weighted by Crippen LogP contribution is -2.26. The molecule has 0 bridgehead atoms. The van der Waals surface area contributed by atoms with Crippen LogP contribution in [0.2, 0.25) is 0 Å². The van der Waals surface area contributed by atoms with Gasteiger partial charge in [-0.25, -0.2) is 5.10 Å². The fourth-order valence-corrected chi connectivity index (χ4v) is 4.09. The largest absolute Gasteiger partial charge is 0.497 e. The van der Waals surface area contributed by atoms with Crippen molar-refractivity contribution in [1.29, 1.82) is 0 Å². The molecule has 0 atom stereocenters. The van der Waals surface area contributed by atoms with Gasteiger partial charge in [0, 0.05) is 30.1 Å². The zero-order valence-corrected chi connectivity index (χ0v) is 17.0. The number of rotatable bonds is 4. The molecule has 2 aromatic carbocycles. The van der Waals surface area contributed by atoms with Crippen LogP contribution >= 0.6 is 0 Å². The maximum Gasteiger partial charge on any atom is 0.272 e. The molecule has 0 spiro atoms. The number of aromatic nitrogens is 4. The summed E-state index contributed by atoms with van der Waals surface area (Å²) in [6.45, 7) is 0.610. The van der Waals surface area contributed by atoms with Crippen molar-refractivity contribution in [2.24, 2.45) is 12.8 Å². The third kappa shape index (κ3) is 2.89. The zero-order chi connectivity index (χ0) is 21.7. The maximum absolute atomic E-state index is 13.2. The minimum absolute atomic E-state index is 0.0935.